The van der Waals surface area contributed by atoms with Crippen molar-refractivity contribution in [3.05, 3.63) is 65.5 Å². The van der Waals surface area contributed by atoms with Gasteiger partial charge >= 0.3 is 0 Å². The van der Waals surface area contributed by atoms with E-state index in [1.165, 1.54) is 7.11 Å². The van der Waals surface area contributed by atoms with Crippen LogP contribution in [0.25, 0.3) is 0 Å². The normalized spacial score (nSPS) is 13.9. The maximum absolute atomic E-state index is 14.1. The van der Waals surface area contributed by atoms with Gasteiger partial charge in [-0.25, -0.2) is 4.39 Å². The minimum atomic E-state index is -0.905. The molecule has 2 unspecified atom stereocenters. The summed E-state index contributed by atoms with van der Waals surface area (Å²) in [5.41, 5.74) is 1.23. The standard InChI is InChI=1S/C16H17FO2/c1-11(12-7-4-3-5-8-12)16(18)13-9-6-10-14(19-2)15(13)17/h3-11,16,18H,1-2H3. The van der Waals surface area contributed by atoms with Crippen molar-refractivity contribution < 1.29 is 14.2 Å². The second-order valence-corrected chi connectivity index (χ2v) is 4.51. The van der Waals surface area contributed by atoms with Crippen LogP contribution in [-0.2, 0) is 0 Å². The zero-order chi connectivity index (χ0) is 13.8. The lowest BCUT2D eigenvalue weighted by molar-refractivity contribution is 0.146. The number of hydrogen-bond acceptors (Lipinski definition) is 2. The zero-order valence-electron chi connectivity index (χ0n) is 11.0. The molecule has 1 N–H and O–H groups in total. The molecule has 100 valence electrons. The topological polar surface area (TPSA) is 29.5 Å². The third-order valence-electron chi connectivity index (χ3n) is 3.33. The Morgan fingerprint density at radius 3 is 2.37 bits per heavy atom. The highest BCUT2D eigenvalue weighted by Crippen LogP contribution is 2.34. The van der Waals surface area contributed by atoms with E-state index in [1.54, 1.807) is 18.2 Å². The third-order valence-corrected chi connectivity index (χ3v) is 3.33. The van der Waals surface area contributed by atoms with Gasteiger partial charge in [0.15, 0.2) is 11.6 Å². The predicted octanol–water partition coefficient (Wildman–Crippen LogP) is 3.67. The highest BCUT2D eigenvalue weighted by Gasteiger charge is 2.22. The molecule has 3 heteroatoms. The quantitative estimate of drug-likeness (QED) is 0.908. The van der Waals surface area contributed by atoms with E-state index < -0.39 is 11.9 Å². The third kappa shape index (κ3) is 2.76. The number of methoxy groups -OCH3 is 1. The van der Waals surface area contributed by atoms with Gasteiger partial charge in [0.25, 0.3) is 0 Å². The van der Waals surface area contributed by atoms with Gasteiger partial charge < -0.3 is 9.84 Å². The number of aliphatic hydroxyl groups excluding tert-OH is 1. The predicted molar refractivity (Wildman–Crippen MR) is 72.8 cm³/mol. The fourth-order valence-corrected chi connectivity index (χ4v) is 2.12. The summed E-state index contributed by atoms with van der Waals surface area (Å²) in [6.45, 7) is 1.87. The van der Waals surface area contributed by atoms with E-state index in [9.17, 15) is 9.50 Å². The van der Waals surface area contributed by atoms with Gasteiger partial charge in [-0.1, -0.05) is 49.4 Å². The molecular weight excluding hydrogens is 243 g/mol. The molecule has 0 bridgehead atoms. The van der Waals surface area contributed by atoms with Crippen molar-refractivity contribution in [1.82, 2.24) is 0 Å². The van der Waals surface area contributed by atoms with E-state index in [1.807, 2.05) is 37.3 Å². The van der Waals surface area contributed by atoms with Crippen molar-refractivity contribution in [2.45, 2.75) is 18.9 Å². The summed E-state index contributed by atoms with van der Waals surface area (Å²) in [6, 6.07) is 14.4. The Morgan fingerprint density at radius 2 is 1.74 bits per heavy atom. The van der Waals surface area contributed by atoms with Crippen LogP contribution < -0.4 is 4.74 Å². The molecule has 2 atom stereocenters. The number of aliphatic hydroxyl groups is 1. The molecule has 0 amide bonds. The molecule has 0 aliphatic heterocycles. The van der Waals surface area contributed by atoms with Crippen molar-refractivity contribution >= 4 is 0 Å². The molecule has 0 aromatic heterocycles. The fraction of sp³-hybridized carbons (Fsp3) is 0.250. The maximum Gasteiger partial charge on any atom is 0.170 e. The summed E-state index contributed by atoms with van der Waals surface area (Å²) >= 11 is 0. The molecule has 0 heterocycles. The SMILES string of the molecule is COc1cccc(C(O)C(C)c2ccccc2)c1F. The van der Waals surface area contributed by atoms with E-state index in [0.29, 0.717) is 0 Å². The van der Waals surface area contributed by atoms with E-state index >= 15 is 0 Å². The monoisotopic (exact) mass is 260 g/mol. The zero-order valence-corrected chi connectivity index (χ0v) is 11.0. The summed E-state index contributed by atoms with van der Waals surface area (Å²) in [5.74, 6) is -0.542. The first-order chi connectivity index (χ1) is 9.15. The second kappa shape index (κ2) is 5.85. The van der Waals surface area contributed by atoms with Crippen LogP contribution in [0.3, 0.4) is 0 Å². The van der Waals surface area contributed by atoms with Gasteiger partial charge in [-0.3, -0.25) is 0 Å². The number of benzene rings is 2. The number of rotatable bonds is 4. The lowest BCUT2D eigenvalue weighted by Crippen LogP contribution is -2.10. The summed E-state index contributed by atoms with van der Waals surface area (Å²) < 4.78 is 19.0. The molecular formula is C16H17FO2. The van der Waals surface area contributed by atoms with Gasteiger partial charge in [0.2, 0.25) is 0 Å². The van der Waals surface area contributed by atoms with Crippen LogP contribution in [0, 0.1) is 5.82 Å². The van der Waals surface area contributed by atoms with E-state index in [4.69, 9.17) is 4.74 Å². The summed E-state index contributed by atoms with van der Waals surface area (Å²) in [7, 11) is 1.41. The van der Waals surface area contributed by atoms with Crippen molar-refractivity contribution in [3.8, 4) is 5.75 Å². The highest BCUT2D eigenvalue weighted by atomic mass is 19.1. The van der Waals surface area contributed by atoms with Crippen molar-refractivity contribution in [2.24, 2.45) is 0 Å². The lowest BCUT2D eigenvalue weighted by Gasteiger charge is -2.20. The molecule has 0 saturated heterocycles. The second-order valence-electron chi connectivity index (χ2n) is 4.51. The van der Waals surface area contributed by atoms with Crippen molar-refractivity contribution in [3.63, 3.8) is 0 Å². The fourth-order valence-electron chi connectivity index (χ4n) is 2.12. The van der Waals surface area contributed by atoms with Gasteiger partial charge in [-0.05, 0) is 11.6 Å². The summed E-state index contributed by atoms with van der Waals surface area (Å²) in [6.07, 6.45) is -0.905. The summed E-state index contributed by atoms with van der Waals surface area (Å²) in [5, 5.41) is 10.3. The average molecular weight is 260 g/mol. The molecule has 19 heavy (non-hydrogen) atoms. The number of halogens is 1. The van der Waals surface area contributed by atoms with Crippen molar-refractivity contribution in [2.75, 3.05) is 7.11 Å². The Balaban J connectivity index is 2.32. The van der Waals surface area contributed by atoms with Gasteiger partial charge in [-0.15, -0.1) is 0 Å². The van der Waals surface area contributed by atoms with Crippen LogP contribution in [0.1, 0.15) is 30.1 Å². The Kier molecular flexibility index (Phi) is 4.17. The maximum atomic E-state index is 14.1. The van der Waals surface area contributed by atoms with E-state index in [2.05, 4.69) is 0 Å². The Labute approximate surface area is 112 Å². The minimum Gasteiger partial charge on any atom is -0.494 e. The lowest BCUT2D eigenvalue weighted by atomic mass is 9.90. The Hall–Kier alpha value is -1.87. The number of hydrogen-bond donors (Lipinski definition) is 1. The first kappa shape index (κ1) is 13.6. The Bertz CT molecular complexity index is 540. The molecule has 2 aromatic carbocycles. The van der Waals surface area contributed by atoms with Gasteiger partial charge in [-0.2, -0.15) is 0 Å². The van der Waals surface area contributed by atoms with Gasteiger partial charge in [0.1, 0.15) is 0 Å². The first-order valence-electron chi connectivity index (χ1n) is 6.20. The van der Waals surface area contributed by atoms with Crippen molar-refractivity contribution in [1.29, 1.82) is 0 Å². The van der Waals surface area contributed by atoms with Crippen LogP contribution in [0.2, 0.25) is 0 Å². The van der Waals surface area contributed by atoms with E-state index in [-0.39, 0.29) is 17.2 Å². The smallest absolute Gasteiger partial charge is 0.170 e. The Morgan fingerprint density at radius 1 is 1.05 bits per heavy atom. The van der Waals surface area contributed by atoms with Crippen LogP contribution in [0.5, 0.6) is 5.75 Å². The first-order valence-corrected chi connectivity index (χ1v) is 6.20. The minimum absolute atomic E-state index is 0.150. The van der Waals surface area contributed by atoms with Crippen LogP contribution in [0.15, 0.2) is 48.5 Å². The van der Waals surface area contributed by atoms with Gasteiger partial charge in [0.05, 0.1) is 13.2 Å². The molecule has 0 saturated carbocycles. The molecule has 2 nitrogen and oxygen atoms in total. The van der Waals surface area contributed by atoms with E-state index in [0.717, 1.165) is 5.56 Å². The molecule has 0 aliphatic carbocycles. The van der Waals surface area contributed by atoms with Crippen LogP contribution >= 0.6 is 0 Å². The number of ether oxygens (including phenoxy) is 1. The highest BCUT2D eigenvalue weighted by molar-refractivity contribution is 5.34. The molecule has 2 rings (SSSR count). The molecule has 2 aromatic rings. The molecule has 0 fully saturated rings. The van der Waals surface area contributed by atoms with Crippen LogP contribution in [-0.4, -0.2) is 12.2 Å². The van der Waals surface area contributed by atoms with Gasteiger partial charge in [0, 0.05) is 11.5 Å². The molecule has 0 aliphatic rings. The molecule has 0 spiro atoms. The average Bonchev–Trinajstić information content (AvgIpc) is 2.47. The largest absolute Gasteiger partial charge is 0.494 e. The summed E-state index contributed by atoms with van der Waals surface area (Å²) in [4.78, 5) is 0. The van der Waals surface area contributed by atoms with Crippen LogP contribution in [0.4, 0.5) is 4.39 Å². The molecule has 0 radical (unpaired) electrons.